The Labute approximate surface area is 205 Å². The fourth-order valence-electron chi connectivity index (χ4n) is 4.24. The average Bonchev–Trinajstić information content (AvgIpc) is 3.50. The van der Waals surface area contributed by atoms with Gasteiger partial charge in [-0.25, -0.2) is 0 Å². The second kappa shape index (κ2) is 11.7. The summed E-state index contributed by atoms with van der Waals surface area (Å²) >= 11 is 1.37. The zero-order valence-corrected chi connectivity index (χ0v) is 20.9. The summed E-state index contributed by atoms with van der Waals surface area (Å²) in [7, 11) is 1.65. The number of nitrogens with one attached hydrogen (secondary N) is 1. The zero-order chi connectivity index (χ0) is 23.9. The monoisotopic (exact) mass is 486 g/mol. The van der Waals surface area contributed by atoms with E-state index in [4.69, 9.17) is 4.74 Å². The molecule has 1 aromatic carbocycles. The maximum Gasteiger partial charge on any atom is 0.243 e. The molecule has 1 N–H and O–H groups in total. The van der Waals surface area contributed by atoms with Crippen LogP contribution in [0.3, 0.4) is 0 Å². The number of aromatic nitrogens is 3. The van der Waals surface area contributed by atoms with Crippen molar-refractivity contribution in [3.05, 3.63) is 29.8 Å². The number of ether oxygens (including phenoxy) is 1. The average molecular weight is 487 g/mol. The lowest BCUT2D eigenvalue weighted by Crippen LogP contribution is -2.36. The Balaban J connectivity index is 1.34. The molecule has 1 aromatic heterocycles. The topological polar surface area (TPSA) is 92.6 Å². The van der Waals surface area contributed by atoms with Gasteiger partial charge in [0.05, 0.1) is 24.9 Å². The summed E-state index contributed by atoms with van der Waals surface area (Å²) in [6.07, 6.45) is 5.81. The predicted octanol–water partition coefficient (Wildman–Crippen LogP) is 2.95. The van der Waals surface area contributed by atoms with Crippen LogP contribution >= 0.6 is 11.8 Å². The van der Waals surface area contributed by atoms with Gasteiger partial charge in [-0.3, -0.25) is 14.2 Å². The SMILES string of the molecule is Cc1ccc(NC(=O)CN(C)C(=O)CSc2nnc(N3CCCCC3)n2CC2CCCO2)cc1. The highest BCUT2D eigenvalue weighted by Crippen LogP contribution is 2.27. The number of likely N-dealkylation sites (N-methyl/N-ethyl adjacent to an activating group) is 1. The molecule has 0 saturated carbocycles. The highest BCUT2D eigenvalue weighted by atomic mass is 32.2. The Kier molecular flexibility index (Phi) is 8.44. The molecular formula is C24H34N6O3S. The van der Waals surface area contributed by atoms with Gasteiger partial charge in [-0.2, -0.15) is 0 Å². The molecule has 2 aliphatic rings. The molecule has 0 spiro atoms. The van der Waals surface area contributed by atoms with E-state index in [1.165, 1.54) is 23.1 Å². The largest absolute Gasteiger partial charge is 0.376 e. The summed E-state index contributed by atoms with van der Waals surface area (Å²) in [5.41, 5.74) is 1.84. The molecule has 3 heterocycles. The van der Waals surface area contributed by atoms with Gasteiger partial charge in [0.15, 0.2) is 5.16 Å². The number of thioether (sulfide) groups is 1. The van der Waals surface area contributed by atoms with E-state index in [2.05, 4.69) is 25.0 Å². The molecule has 2 aliphatic heterocycles. The normalized spacial score (nSPS) is 18.2. The smallest absolute Gasteiger partial charge is 0.243 e. The van der Waals surface area contributed by atoms with Crippen LogP contribution in [0.2, 0.25) is 0 Å². The first-order valence-electron chi connectivity index (χ1n) is 12.0. The number of piperidine rings is 1. The second-order valence-electron chi connectivity index (χ2n) is 9.03. The number of hydrogen-bond donors (Lipinski definition) is 1. The van der Waals surface area contributed by atoms with Crippen molar-refractivity contribution in [1.82, 2.24) is 19.7 Å². The molecule has 184 valence electrons. The highest BCUT2D eigenvalue weighted by molar-refractivity contribution is 7.99. The lowest BCUT2D eigenvalue weighted by atomic mass is 10.1. The van der Waals surface area contributed by atoms with Gasteiger partial charge < -0.3 is 19.9 Å². The van der Waals surface area contributed by atoms with E-state index in [0.29, 0.717) is 6.54 Å². The van der Waals surface area contributed by atoms with Gasteiger partial charge in [-0.1, -0.05) is 29.5 Å². The maximum atomic E-state index is 12.7. The van der Waals surface area contributed by atoms with Gasteiger partial charge >= 0.3 is 0 Å². The Bertz CT molecular complexity index is 968. The molecule has 2 aromatic rings. The van der Waals surface area contributed by atoms with Crippen LogP contribution in [0, 0.1) is 6.92 Å². The van der Waals surface area contributed by atoms with Crippen LogP contribution in [0.15, 0.2) is 29.4 Å². The number of aryl methyl sites for hydroxylation is 1. The summed E-state index contributed by atoms with van der Waals surface area (Å²) in [5.74, 6) is 0.711. The molecule has 2 saturated heterocycles. The van der Waals surface area contributed by atoms with Crippen molar-refractivity contribution >= 4 is 35.2 Å². The lowest BCUT2D eigenvalue weighted by molar-refractivity contribution is -0.131. The Morgan fingerprint density at radius 3 is 2.62 bits per heavy atom. The second-order valence-corrected chi connectivity index (χ2v) is 9.97. The Morgan fingerprint density at radius 1 is 1.15 bits per heavy atom. The minimum absolute atomic E-state index is 0.00506. The number of hydrogen-bond acceptors (Lipinski definition) is 7. The molecule has 2 amide bonds. The number of carbonyl (C=O) groups is 2. The lowest BCUT2D eigenvalue weighted by Gasteiger charge is -2.28. The van der Waals surface area contributed by atoms with Gasteiger partial charge in [0.2, 0.25) is 17.8 Å². The standard InChI is InChI=1S/C24H34N6O3S/c1-18-8-10-19(11-9-18)25-21(31)16-28(2)22(32)17-34-24-27-26-23(29-12-4-3-5-13-29)30(24)15-20-7-6-14-33-20/h8-11,20H,3-7,12-17H2,1-2H3,(H,25,31). The molecule has 34 heavy (non-hydrogen) atoms. The third-order valence-electron chi connectivity index (χ3n) is 6.21. The quantitative estimate of drug-likeness (QED) is 0.545. The third kappa shape index (κ3) is 6.50. The molecular weight excluding hydrogens is 452 g/mol. The molecule has 0 bridgehead atoms. The Morgan fingerprint density at radius 2 is 1.91 bits per heavy atom. The molecule has 9 nitrogen and oxygen atoms in total. The van der Waals surface area contributed by atoms with Gasteiger partial charge in [0.25, 0.3) is 0 Å². The minimum Gasteiger partial charge on any atom is -0.376 e. The molecule has 10 heteroatoms. The molecule has 0 aliphatic carbocycles. The first-order valence-corrected chi connectivity index (χ1v) is 13.0. The summed E-state index contributed by atoms with van der Waals surface area (Å²) in [5, 5.41) is 12.5. The van der Waals surface area contributed by atoms with Crippen LogP contribution < -0.4 is 10.2 Å². The van der Waals surface area contributed by atoms with Crippen molar-refractivity contribution < 1.29 is 14.3 Å². The molecule has 0 radical (unpaired) electrons. The van der Waals surface area contributed by atoms with E-state index >= 15 is 0 Å². The van der Waals surface area contributed by atoms with Crippen LogP contribution in [-0.2, 0) is 20.9 Å². The number of benzene rings is 1. The van der Waals surface area contributed by atoms with Gasteiger partial charge in [-0.05, 0) is 51.2 Å². The van der Waals surface area contributed by atoms with Crippen LogP contribution in [0.4, 0.5) is 11.6 Å². The predicted molar refractivity (Wildman–Crippen MR) is 133 cm³/mol. The number of rotatable bonds is 9. The summed E-state index contributed by atoms with van der Waals surface area (Å²) in [4.78, 5) is 28.8. The van der Waals surface area contributed by atoms with Crippen LogP contribution in [0.1, 0.15) is 37.7 Å². The summed E-state index contributed by atoms with van der Waals surface area (Å²) in [6, 6.07) is 7.58. The van der Waals surface area contributed by atoms with Crippen molar-refractivity contribution in [3.8, 4) is 0 Å². The number of carbonyl (C=O) groups excluding carboxylic acids is 2. The maximum absolute atomic E-state index is 12.7. The van der Waals surface area contributed by atoms with Crippen LogP contribution in [0.5, 0.6) is 0 Å². The molecule has 4 rings (SSSR count). The zero-order valence-electron chi connectivity index (χ0n) is 20.0. The number of anilines is 2. The van der Waals surface area contributed by atoms with Crippen molar-refractivity contribution in [3.63, 3.8) is 0 Å². The molecule has 1 unspecified atom stereocenters. The fraction of sp³-hybridized carbons (Fsp3) is 0.583. The van der Waals surface area contributed by atoms with Crippen molar-refractivity contribution in [2.75, 3.05) is 49.3 Å². The Hall–Kier alpha value is -2.59. The molecule has 1 atom stereocenters. The molecule has 2 fully saturated rings. The minimum atomic E-state index is -0.223. The van der Waals surface area contributed by atoms with E-state index < -0.39 is 0 Å². The summed E-state index contributed by atoms with van der Waals surface area (Å²) < 4.78 is 7.98. The van der Waals surface area contributed by atoms with Gasteiger partial charge in [-0.15, -0.1) is 10.2 Å². The number of amides is 2. The van der Waals surface area contributed by atoms with E-state index in [-0.39, 0.29) is 30.2 Å². The van der Waals surface area contributed by atoms with Crippen molar-refractivity contribution in [1.29, 1.82) is 0 Å². The van der Waals surface area contributed by atoms with E-state index in [1.807, 2.05) is 31.2 Å². The van der Waals surface area contributed by atoms with E-state index in [0.717, 1.165) is 67.7 Å². The van der Waals surface area contributed by atoms with Gasteiger partial charge in [0.1, 0.15) is 0 Å². The van der Waals surface area contributed by atoms with Crippen LogP contribution in [0.25, 0.3) is 0 Å². The van der Waals surface area contributed by atoms with Crippen LogP contribution in [-0.4, -0.2) is 76.6 Å². The first kappa shape index (κ1) is 24.5. The highest BCUT2D eigenvalue weighted by Gasteiger charge is 2.25. The van der Waals surface area contributed by atoms with E-state index in [1.54, 1.807) is 7.05 Å². The summed E-state index contributed by atoms with van der Waals surface area (Å²) in [6.45, 7) is 5.44. The van der Waals surface area contributed by atoms with Crippen molar-refractivity contribution in [2.24, 2.45) is 0 Å². The number of nitrogens with zero attached hydrogens (tertiary/aromatic N) is 5. The van der Waals surface area contributed by atoms with Gasteiger partial charge in [0, 0.05) is 32.4 Å². The fourth-order valence-corrected chi connectivity index (χ4v) is 5.13. The third-order valence-corrected chi connectivity index (χ3v) is 7.16. The first-order chi connectivity index (χ1) is 16.5. The van der Waals surface area contributed by atoms with E-state index in [9.17, 15) is 9.59 Å². The van der Waals surface area contributed by atoms with Crippen molar-refractivity contribution in [2.45, 2.75) is 56.8 Å².